The number of carbonyl (C=O) groups excluding carboxylic acids is 1. The van der Waals surface area contributed by atoms with Gasteiger partial charge in [0.2, 0.25) is 0 Å². The van der Waals surface area contributed by atoms with E-state index in [0.717, 1.165) is 10.0 Å². The van der Waals surface area contributed by atoms with Crippen molar-refractivity contribution >= 4 is 33.6 Å². The minimum absolute atomic E-state index is 0.403. The summed E-state index contributed by atoms with van der Waals surface area (Å²) in [5.41, 5.74) is 1.53. The predicted molar refractivity (Wildman–Crippen MR) is 77.4 cm³/mol. The van der Waals surface area contributed by atoms with Crippen LogP contribution in [-0.2, 0) is 4.79 Å². The Kier molecular flexibility index (Phi) is 5.82. The van der Waals surface area contributed by atoms with E-state index in [1.54, 1.807) is 12.1 Å². The van der Waals surface area contributed by atoms with E-state index >= 15 is 0 Å². The first-order chi connectivity index (χ1) is 8.95. The molecule has 0 aliphatic carbocycles. The molecule has 19 heavy (non-hydrogen) atoms. The second-order valence-electron chi connectivity index (χ2n) is 4.19. The van der Waals surface area contributed by atoms with Crippen molar-refractivity contribution in [2.75, 3.05) is 5.32 Å². The SMILES string of the molecule is CCC[C@H](NC(=O)Nc1cccc(Br)c1C)C(=O)O. The number of amides is 2. The van der Waals surface area contributed by atoms with E-state index < -0.39 is 18.0 Å². The van der Waals surface area contributed by atoms with Crippen LogP contribution in [0.4, 0.5) is 10.5 Å². The Hall–Kier alpha value is -1.56. The fraction of sp³-hybridized carbons (Fsp3) is 0.385. The molecule has 0 spiro atoms. The highest BCUT2D eigenvalue weighted by atomic mass is 79.9. The van der Waals surface area contributed by atoms with Gasteiger partial charge in [0.25, 0.3) is 0 Å². The number of carbonyl (C=O) groups is 2. The molecule has 0 saturated heterocycles. The molecule has 1 aromatic rings. The van der Waals surface area contributed by atoms with E-state index in [-0.39, 0.29) is 0 Å². The molecule has 104 valence electrons. The molecule has 0 radical (unpaired) electrons. The lowest BCUT2D eigenvalue weighted by Gasteiger charge is -2.15. The quantitative estimate of drug-likeness (QED) is 0.776. The zero-order valence-electron chi connectivity index (χ0n) is 10.9. The van der Waals surface area contributed by atoms with Crippen molar-refractivity contribution < 1.29 is 14.7 Å². The minimum atomic E-state index is -1.03. The van der Waals surface area contributed by atoms with Crippen molar-refractivity contribution in [1.82, 2.24) is 5.32 Å². The zero-order valence-corrected chi connectivity index (χ0v) is 12.5. The number of hydrogen-bond acceptors (Lipinski definition) is 2. The summed E-state index contributed by atoms with van der Waals surface area (Å²) in [6, 6.07) is 4.05. The van der Waals surface area contributed by atoms with E-state index in [1.165, 1.54) is 0 Å². The Morgan fingerprint density at radius 3 is 2.68 bits per heavy atom. The maximum absolute atomic E-state index is 11.8. The first-order valence-corrected chi connectivity index (χ1v) is 6.80. The molecule has 2 amide bonds. The Morgan fingerprint density at radius 2 is 2.11 bits per heavy atom. The van der Waals surface area contributed by atoms with Crippen LogP contribution in [-0.4, -0.2) is 23.1 Å². The number of benzene rings is 1. The normalized spacial score (nSPS) is 11.7. The van der Waals surface area contributed by atoms with E-state index in [9.17, 15) is 9.59 Å². The van der Waals surface area contributed by atoms with Crippen molar-refractivity contribution in [3.8, 4) is 0 Å². The van der Waals surface area contributed by atoms with Gasteiger partial charge in [-0.25, -0.2) is 9.59 Å². The molecule has 0 aliphatic rings. The summed E-state index contributed by atoms with van der Waals surface area (Å²) in [6.07, 6.45) is 1.09. The Bertz CT molecular complexity index is 477. The van der Waals surface area contributed by atoms with Crippen LogP contribution in [0.15, 0.2) is 22.7 Å². The average Bonchev–Trinajstić information content (AvgIpc) is 2.34. The molecule has 0 aliphatic heterocycles. The Morgan fingerprint density at radius 1 is 1.42 bits per heavy atom. The lowest BCUT2D eigenvalue weighted by Crippen LogP contribution is -2.42. The van der Waals surface area contributed by atoms with E-state index in [1.807, 2.05) is 19.9 Å². The van der Waals surface area contributed by atoms with Crippen molar-refractivity contribution in [3.63, 3.8) is 0 Å². The molecule has 0 fully saturated rings. The van der Waals surface area contributed by atoms with Gasteiger partial charge < -0.3 is 15.7 Å². The molecule has 1 rings (SSSR count). The molecule has 3 N–H and O–H groups in total. The molecule has 0 heterocycles. The van der Waals surface area contributed by atoms with Crippen LogP contribution in [0.2, 0.25) is 0 Å². The number of carboxylic acids is 1. The van der Waals surface area contributed by atoms with Gasteiger partial charge in [0.05, 0.1) is 0 Å². The highest BCUT2D eigenvalue weighted by molar-refractivity contribution is 9.10. The van der Waals surface area contributed by atoms with Crippen molar-refractivity contribution in [2.24, 2.45) is 0 Å². The molecule has 6 heteroatoms. The highest BCUT2D eigenvalue weighted by Crippen LogP contribution is 2.23. The molecule has 1 atom stereocenters. The van der Waals surface area contributed by atoms with Gasteiger partial charge in [0.1, 0.15) is 6.04 Å². The van der Waals surface area contributed by atoms with Crippen molar-refractivity contribution in [2.45, 2.75) is 32.7 Å². The van der Waals surface area contributed by atoms with E-state index in [0.29, 0.717) is 18.5 Å². The van der Waals surface area contributed by atoms with Gasteiger partial charge in [0.15, 0.2) is 0 Å². The lowest BCUT2D eigenvalue weighted by atomic mass is 10.2. The highest BCUT2D eigenvalue weighted by Gasteiger charge is 2.19. The molecule has 0 aromatic heterocycles. The van der Waals surface area contributed by atoms with Gasteiger partial charge in [-0.1, -0.05) is 35.3 Å². The topological polar surface area (TPSA) is 78.4 Å². The third-order valence-corrected chi connectivity index (χ3v) is 3.56. The van der Waals surface area contributed by atoms with E-state index in [2.05, 4.69) is 26.6 Å². The number of carboxylic acid groups (broad SMARTS) is 1. The number of aliphatic carboxylic acids is 1. The predicted octanol–water partition coefficient (Wildman–Crippen LogP) is 3.13. The van der Waals surface area contributed by atoms with Gasteiger partial charge in [-0.15, -0.1) is 0 Å². The molecule has 5 nitrogen and oxygen atoms in total. The second kappa shape index (κ2) is 7.13. The summed E-state index contributed by atoms with van der Waals surface area (Å²) < 4.78 is 0.883. The standard InChI is InChI=1S/C13H17BrN2O3/c1-3-5-11(12(17)18)16-13(19)15-10-7-4-6-9(14)8(10)2/h4,6-7,11H,3,5H2,1-2H3,(H,17,18)(H2,15,16,19)/t11-/m0/s1. The lowest BCUT2D eigenvalue weighted by molar-refractivity contribution is -0.139. The summed E-state index contributed by atoms with van der Waals surface area (Å²) >= 11 is 3.37. The molecule has 0 unspecified atom stereocenters. The first-order valence-electron chi connectivity index (χ1n) is 6.01. The van der Waals surface area contributed by atoms with Crippen LogP contribution in [0.3, 0.4) is 0 Å². The maximum Gasteiger partial charge on any atom is 0.326 e. The number of urea groups is 1. The molecule has 0 bridgehead atoms. The summed E-state index contributed by atoms with van der Waals surface area (Å²) in [5, 5.41) is 14.1. The van der Waals surface area contributed by atoms with Crippen molar-refractivity contribution in [1.29, 1.82) is 0 Å². The largest absolute Gasteiger partial charge is 0.480 e. The number of nitrogens with one attached hydrogen (secondary N) is 2. The molecule has 0 saturated carbocycles. The summed E-state index contributed by atoms with van der Waals surface area (Å²) in [5.74, 6) is -1.03. The zero-order chi connectivity index (χ0) is 14.4. The fourth-order valence-electron chi connectivity index (χ4n) is 1.61. The third-order valence-electron chi connectivity index (χ3n) is 2.70. The summed E-state index contributed by atoms with van der Waals surface area (Å²) in [7, 11) is 0. The molecular formula is C13H17BrN2O3. The second-order valence-corrected chi connectivity index (χ2v) is 5.04. The van der Waals surface area contributed by atoms with Crippen LogP contribution >= 0.6 is 15.9 Å². The Labute approximate surface area is 120 Å². The van der Waals surface area contributed by atoms with Gasteiger partial charge in [-0.2, -0.15) is 0 Å². The Balaban J connectivity index is 2.69. The smallest absolute Gasteiger partial charge is 0.326 e. The van der Waals surface area contributed by atoms with Crippen LogP contribution in [0, 0.1) is 6.92 Å². The minimum Gasteiger partial charge on any atom is -0.480 e. The van der Waals surface area contributed by atoms with E-state index in [4.69, 9.17) is 5.11 Å². The van der Waals surface area contributed by atoms with Gasteiger partial charge in [-0.05, 0) is 31.0 Å². The number of hydrogen-bond donors (Lipinski definition) is 3. The summed E-state index contributed by atoms with van der Waals surface area (Å²) in [4.78, 5) is 22.7. The van der Waals surface area contributed by atoms with Gasteiger partial charge >= 0.3 is 12.0 Å². The average molecular weight is 329 g/mol. The number of rotatable bonds is 5. The van der Waals surface area contributed by atoms with Crippen LogP contribution in [0.5, 0.6) is 0 Å². The summed E-state index contributed by atoms with van der Waals surface area (Å²) in [6.45, 7) is 3.73. The number of halogens is 1. The van der Waals surface area contributed by atoms with Gasteiger partial charge in [0, 0.05) is 10.2 Å². The monoisotopic (exact) mass is 328 g/mol. The first kappa shape index (κ1) is 15.5. The fourth-order valence-corrected chi connectivity index (χ4v) is 1.97. The molecular weight excluding hydrogens is 312 g/mol. The number of anilines is 1. The molecule has 1 aromatic carbocycles. The van der Waals surface area contributed by atoms with Gasteiger partial charge in [-0.3, -0.25) is 0 Å². The third kappa shape index (κ3) is 4.55. The van der Waals surface area contributed by atoms with Crippen LogP contribution < -0.4 is 10.6 Å². The maximum atomic E-state index is 11.8. The van der Waals surface area contributed by atoms with Crippen LogP contribution in [0.25, 0.3) is 0 Å². The van der Waals surface area contributed by atoms with Crippen LogP contribution in [0.1, 0.15) is 25.3 Å². The van der Waals surface area contributed by atoms with Crippen molar-refractivity contribution in [3.05, 3.63) is 28.2 Å².